The minimum Gasteiger partial charge on any atom is -0.324 e. The molecule has 2 aromatic carbocycles. The van der Waals surface area contributed by atoms with Gasteiger partial charge in [-0.15, -0.1) is 0 Å². The van der Waals surface area contributed by atoms with Gasteiger partial charge in [0.05, 0.1) is 16.3 Å². The van der Waals surface area contributed by atoms with Crippen molar-refractivity contribution < 1.29 is 22.4 Å². The van der Waals surface area contributed by atoms with Gasteiger partial charge in [0.1, 0.15) is 5.82 Å². The number of anilines is 3. The molecule has 2 N–H and O–H groups in total. The van der Waals surface area contributed by atoms with Crippen molar-refractivity contribution in [2.45, 2.75) is 38.0 Å². The maximum Gasteiger partial charge on any atom is 0.261 e. The average Bonchev–Trinajstić information content (AvgIpc) is 2.67. The van der Waals surface area contributed by atoms with Crippen LogP contribution >= 0.6 is 0 Å². The first-order valence-electron chi connectivity index (χ1n) is 9.24. The Bertz CT molecular complexity index is 1070. The second-order valence-electron chi connectivity index (χ2n) is 6.77. The van der Waals surface area contributed by atoms with Gasteiger partial charge in [-0.1, -0.05) is 13.0 Å². The van der Waals surface area contributed by atoms with Crippen LogP contribution in [0, 0.1) is 5.82 Å². The molecule has 9 heteroatoms. The first-order chi connectivity index (χ1) is 13.7. The van der Waals surface area contributed by atoms with E-state index in [4.69, 9.17) is 0 Å². The lowest BCUT2D eigenvalue weighted by atomic mass is 10.0. The van der Waals surface area contributed by atoms with E-state index in [2.05, 4.69) is 10.0 Å². The smallest absolute Gasteiger partial charge is 0.261 e. The molecule has 0 saturated heterocycles. The van der Waals surface area contributed by atoms with Crippen LogP contribution in [-0.2, 0) is 26.0 Å². The highest BCUT2D eigenvalue weighted by atomic mass is 32.2. The molecule has 0 unspecified atom stereocenters. The molecule has 1 aliphatic heterocycles. The van der Waals surface area contributed by atoms with Crippen molar-refractivity contribution in [3.63, 3.8) is 0 Å². The molecular weight excluding hydrogens is 397 g/mol. The number of fused-ring (bicyclic) bond motifs is 1. The second-order valence-corrected chi connectivity index (χ2v) is 8.46. The minimum atomic E-state index is -4.06. The number of carbonyl (C=O) groups is 2. The Kier molecular flexibility index (Phi) is 5.88. The number of rotatable bonds is 5. The van der Waals surface area contributed by atoms with E-state index >= 15 is 0 Å². The number of sulfonamides is 1. The number of hydrogen-bond acceptors (Lipinski definition) is 4. The third kappa shape index (κ3) is 4.56. The van der Waals surface area contributed by atoms with E-state index in [1.165, 1.54) is 19.1 Å². The van der Waals surface area contributed by atoms with Gasteiger partial charge < -0.3 is 10.2 Å². The van der Waals surface area contributed by atoms with Crippen LogP contribution in [-0.4, -0.2) is 26.8 Å². The summed E-state index contributed by atoms with van der Waals surface area (Å²) >= 11 is 0. The predicted molar refractivity (Wildman–Crippen MR) is 109 cm³/mol. The molecule has 0 saturated carbocycles. The minimum absolute atomic E-state index is 0.0263. The molecule has 0 bridgehead atoms. The number of hydrogen-bond donors (Lipinski definition) is 2. The number of benzene rings is 2. The fourth-order valence-corrected chi connectivity index (χ4v) is 4.32. The van der Waals surface area contributed by atoms with Crippen LogP contribution in [0.5, 0.6) is 0 Å². The quantitative estimate of drug-likeness (QED) is 0.778. The summed E-state index contributed by atoms with van der Waals surface area (Å²) in [6.45, 7) is 3.60. The molecular formula is C20H22FN3O4S. The second kappa shape index (κ2) is 8.20. The Morgan fingerprint density at radius 2 is 1.93 bits per heavy atom. The van der Waals surface area contributed by atoms with Gasteiger partial charge in [-0.2, -0.15) is 0 Å². The SMILES string of the molecule is CCC(=O)N1CCCc2ccc(NS(=O)(=O)c3ccc(NC(C)=O)c(F)c3)cc21. The van der Waals surface area contributed by atoms with E-state index in [1.807, 2.05) is 0 Å². The van der Waals surface area contributed by atoms with Gasteiger partial charge in [0, 0.05) is 25.6 Å². The van der Waals surface area contributed by atoms with Crippen LogP contribution in [0.25, 0.3) is 0 Å². The number of nitrogens with zero attached hydrogens (tertiary/aromatic N) is 1. The van der Waals surface area contributed by atoms with E-state index in [-0.39, 0.29) is 22.2 Å². The van der Waals surface area contributed by atoms with Gasteiger partial charge in [-0.3, -0.25) is 14.3 Å². The number of nitrogens with one attached hydrogen (secondary N) is 2. The fourth-order valence-electron chi connectivity index (χ4n) is 3.26. The Morgan fingerprint density at radius 3 is 2.59 bits per heavy atom. The van der Waals surface area contributed by atoms with E-state index in [9.17, 15) is 22.4 Å². The molecule has 3 rings (SSSR count). The van der Waals surface area contributed by atoms with Gasteiger partial charge in [0.15, 0.2) is 0 Å². The molecule has 0 aliphatic carbocycles. The molecule has 1 aliphatic rings. The largest absolute Gasteiger partial charge is 0.324 e. The van der Waals surface area contributed by atoms with Crippen LogP contribution in [0.3, 0.4) is 0 Å². The zero-order chi connectivity index (χ0) is 21.2. The van der Waals surface area contributed by atoms with Crippen molar-refractivity contribution in [1.82, 2.24) is 0 Å². The fraction of sp³-hybridized carbons (Fsp3) is 0.300. The molecule has 0 aromatic heterocycles. The Morgan fingerprint density at radius 1 is 1.17 bits per heavy atom. The summed E-state index contributed by atoms with van der Waals surface area (Å²) in [6, 6.07) is 8.30. The van der Waals surface area contributed by atoms with Crippen molar-refractivity contribution in [3.8, 4) is 0 Å². The lowest BCUT2D eigenvalue weighted by molar-refractivity contribution is -0.118. The summed E-state index contributed by atoms with van der Waals surface area (Å²) in [5, 5.41) is 2.29. The van der Waals surface area contributed by atoms with E-state index in [1.54, 1.807) is 30.0 Å². The maximum absolute atomic E-state index is 14.1. The zero-order valence-electron chi connectivity index (χ0n) is 16.2. The molecule has 0 fully saturated rings. The first-order valence-corrected chi connectivity index (χ1v) is 10.7. The van der Waals surface area contributed by atoms with Crippen LogP contribution in [0.4, 0.5) is 21.5 Å². The number of halogens is 1. The van der Waals surface area contributed by atoms with E-state index in [0.29, 0.717) is 18.7 Å². The van der Waals surface area contributed by atoms with Crippen molar-refractivity contribution in [3.05, 3.63) is 47.8 Å². The van der Waals surface area contributed by atoms with Crippen LogP contribution < -0.4 is 14.9 Å². The lowest BCUT2D eigenvalue weighted by Gasteiger charge is -2.29. The van der Waals surface area contributed by atoms with Gasteiger partial charge in [0.2, 0.25) is 11.8 Å². The topological polar surface area (TPSA) is 95.6 Å². The predicted octanol–water partition coefficient (Wildman–Crippen LogP) is 3.27. The number of amides is 2. The zero-order valence-corrected chi connectivity index (χ0v) is 17.0. The summed E-state index contributed by atoms with van der Waals surface area (Å²) < 4.78 is 41.9. The summed E-state index contributed by atoms with van der Waals surface area (Å²) in [4.78, 5) is 24.7. The van der Waals surface area contributed by atoms with Crippen LogP contribution in [0.1, 0.15) is 32.3 Å². The van der Waals surface area contributed by atoms with Crippen molar-refractivity contribution in [2.24, 2.45) is 0 Å². The van der Waals surface area contributed by atoms with Gasteiger partial charge in [-0.25, -0.2) is 12.8 Å². The van der Waals surface area contributed by atoms with Gasteiger partial charge in [0.25, 0.3) is 10.0 Å². The number of aryl methyl sites for hydroxylation is 1. The van der Waals surface area contributed by atoms with Crippen LogP contribution in [0.15, 0.2) is 41.3 Å². The molecule has 0 radical (unpaired) electrons. The Labute approximate surface area is 169 Å². The standard InChI is InChI=1S/C20H22FN3O4S/c1-3-20(26)24-10-4-5-14-6-7-15(11-19(14)24)23-29(27,28)16-8-9-18(17(21)12-16)22-13(2)25/h6-9,11-12,23H,3-5,10H2,1-2H3,(H,22,25). The summed E-state index contributed by atoms with van der Waals surface area (Å²) in [7, 11) is -4.06. The number of carbonyl (C=O) groups excluding carboxylic acids is 2. The summed E-state index contributed by atoms with van der Waals surface area (Å²) in [5.41, 5.74) is 1.85. The summed E-state index contributed by atoms with van der Waals surface area (Å²) in [6.07, 6.45) is 2.02. The van der Waals surface area contributed by atoms with Crippen molar-refractivity contribution in [1.29, 1.82) is 0 Å². The van der Waals surface area contributed by atoms with E-state index in [0.717, 1.165) is 24.5 Å². The normalized spacial score (nSPS) is 13.6. The molecule has 7 nitrogen and oxygen atoms in total. The molecule has 0 atom stereocenters. The Hall–Kier alpha value is -2.94. The van der Waals surface area contributed by atoms with Gasteiger partial charge in [-0.05, 0) is 48.7 Å². The van der Waals surface area contributed by atoms with Gasteiger partial charge >= 0.3 is 0 Å². The molecule has 2 amide bonds. The summed E-state index contributed by atoms with van der Waals surface area (Å²) in [5.74, 6) is -1.34. The lowest BCUT2D eigenvalue weighted by Crippen LogP contribution is -2.35. The molecule has 29 heavy (non-hydrogen) atoms. The average molecular weight is 419 g/mol. The highest BCUT2D eigenvalue weighted by Crippen LogP contribution is 2.31. The molecule has 1 heterocycles. The molecule has 154 valence electrons. The van der Waals surface area contributed by atoms with E-state index < -0.39 is 21.7 Å². The first kappa shape index (κ1) is 20.8. The third-order valence-electron chi connectivity index (χ3n) is 4.62. The highest BCUT2D eigenvalue weighted by Gasteiger charge is 2.23. The molecule has 2 aromatic rings. The van der Waals surface area contributed by atoms with Crippen molar-refractivity contribution in [2.75, 3.05) is 21.5 Å². The van der Waals surface area contributed by atoms with Crippen LogP contribution in [0.2, 0.25) is 0 Å². The third-order valence-corrected chi connectivity index (χ3v) is 6.00. The molecule has 0 spiro atoms. The maximum atomic E-state index is 14.1. The Balaban J connectivity index is 1.88. The highest BCUT2D eigenvalue weighted by molar-refractivity contribution is 7.92. The monoisotopic (exact) mass is 419 g/mol. The van der Waals surface area contributed by atoms with Crippen molar-refractivity contribution >= 4 is 38.9 Å².